The van der Waals surface area contributed by atoms with E-state index in [1.165, 1.54) is 12.5 Å². The number of hydrogen-bond donors (Lipinski definition) is 1. The van der Waals surface area contributed by atoms with Gasteiger partial charge in [-0.15, -0.1) is 0 Å². The molecule has 1 heterocycles. The zero-order valence-corrected chi connectivity index (χ0v) is 12.4. The molecule has 2 nitrogen and oxygen atoms in total. The number of nitrogens with zero attached hydrogens (tertiary/aromatic N) is 1. The van der Waals surface area contributed by atoms with Gasteiger partial charge in [0.1, 0.15) is 5.82 Å². The van der Waals surface area contributed by atoms with Crippen LogP contribution in [0.2, 0.25) is 5.02 Å². The zero-order valence-electron chi connectivity index (χ0n) is 11.6. The highest BCUT2D eigenvalue weighted by atomic mass is 35.5. The molecule has 0 aliphatic carbocycles. The van der Waals surface area contributed by atoms with Crippen molar-refractivity contribution in [3.05, 3.63) is 34.6 Å². The molecule has 1 aromatic carbocycles. The van der Waals surface area contributed by atoms with Gasteiger partial charge >= 0.3 is 0 Å². The number of rotatable bonds is 5. The van der Waals surface area contributed by atoms with Gasteiger partial charge in [0.15, 0.2) is 0 Å². The van der Waals surface area contributed by atoms with Crippen LogP contribution >= 0.6 is 11.6 Å². The second kappa shape index (κ2) is 6.69. The van der Waals surface area contributed by atoms with Crippen molar-refractivity contribution in [1.29, 1.82) is 0 Å². The molecule has 0 amide bonds. The van der Waals surface area contributed by atoms with Crippen molar-refractivity contribution >= 4 is 11.6 Å². The van der Waals surface area contributed by atoms with Crippen molar-refractivity contribution in [1.82, 2.24) is 10.2 Å². The van der Waals surface area contributed by atoms with Crippen LogP contribution in [0.5, 0.6) is 0 Å². The minimum Gasteiger partial charge on any atom is -0.315 e. The largest absolute Gasteiger partial charge is 0.315 e. The zero-order chi connectivity index (χ0) is 13.8. The first-order valence-electron chi connectivity index (χ1n) is 7.05. The van der Waals surface area contributed by atoms with Crippen LogP contribution in [0.4, 0.5) is 4.39 Å². The monoisotopic (exact) mass is 284 g/mol. The molecule has 1 aromatic rings. The van der Waals surface area contributed by atoms with E-state index < -0.39 is 0 Å². The summed E-state index contributed by atoms with van der Waals surface area (Å²) in [6.07, 6.45) is 2.30. The molecule has 2 atom stereocenters. The van der Waals surface area contributed by atoms with Crippen LogP contribution in [0.3, 0.4) is 0 Å². The second-order valence-electron chi connectivity index (χ2n) is 5.23. The maximum absolute atomic E-state index is 13.3. The van der Waals surface area contributed by atoms with Crippen LogP contribution in [0.15, 0.2) is 18.2 Å². The highest BCUT2D eigenvalue weighted by molar-refractivity contribution is 6.30. The third kappa shape index (κ3) is 3.47. The Balaban J connectivity index is 2.17. The average Bonchev–Trinajstić information content (AvgIpc) is 2.92. The van der Waals surface area contributed by atoms with E-state index in [0.29, 0.717) is 6.04 Å². The predicted molar refractivity (Wildman–Crippen MR) is 78.1 cm³/mol. The van der Waals surface area contributed by atoms with Gasteiger partial charge in [0.05, 0.1) is 5.02 Å². The standard InChI is InChI=1S/C15H22ClFN2/c1-3-8-19(13-6-7-18-10-13)11(2)12-4-5-15(17)14(16)9-12/h4-5,9,11,13,18H,3,6-8,10H2,1-2H3. The molecule has 0 aromatic heterocycles. The van der Waals surface area contributed by atoms with E-state index in [1.54, 1.807) is 6.07 Å². The summed E-state index contributed by atoms with van der Waals surface area (Å²) in [6, 6.07) is 5.90. The third-order valence-corrected chi connectivity index (χ3v) is 4.20. The molecule has 0 spiro atoms. The molecule has 106 valence electrons. The lowest BCUT2D eigenvalue weighted by molar-refractivity contribution is 0.153. The van der Waals surface area contributed by atoms with Crippen LogP contribution < -0.4 is 5.32 Å². The first kappa shape index (κ1) is 14.8. The Kier molecular flexibility index (Phi) is 5.20. The Bertz CT molecular complexity index is 419. The molecule has 1 saturated heterocycles. The fourth-order valence-electron chi connectivity index (χ4n) is 2.84. The van der Waals surface area contributed by atoms with Crippen molar-refractivity contribution < 1.29 is 4.39 Å². The average molecular weight is 285 g/mol. The van der Waals surface area contributed by atoms with Gasteiger partial charge in [-0.25, -0.2) is 4.39 Å². The molecular weight excluding hydrogens is 263 g/mol. The lowest BCUT2D eigenvalue weighted by Gasteiger charge is -2.34. The molecule has 2 unspecified atom stereocenters. The SMILES string of the molecule is CCCN(C1CCNC1)C(C)c1ccc(F)c(Cl)c1. The van der Waals surface area contributed by atoms with Crippen molar-refractivity contribution in [2.75, 3.05) is 19.6 Å². The number of hydrogen-bond acceptors (Lipinski definition) is 2. The van der Waals surface area contributed by atoms with E-state index in [2.05, 4.69) is 24.1 Å². The fraction of sp³-hybridized carbons (Fsp3) is 0.600. The summed E-state index contributed by atoms with van der Waals surface area (Å²) >= 11 is 5.89. The molecule has 0 saturated carbocycles. The van der Waals surface area contributed by atoms with Gasteiger partial charge in [0.25, 0.3) is 0 Å². The summed E-state index contributed by atoms with van der Waals surface area (Å²) in [5.41, 5.74) is 1.09. The van der Waals surface area contributed by atoms with Gasteiger partial charge in [-0.3, -0.25) is 4.90 Å². The minimum absolute atomic E-state index is 0.213. The van der Waals surface area contributed by atoms with Crippen molar-refractivity contribution in [2.45, 2.75) is 38.8 Å². The Morgan fingerprint density at radius 1 is 1.53 bits per heavy atom. The smallest absolute Gasteiger partial charge is 0.141 e. The van der Waals surface area contributed by atoms with Crippen LogP contribution in [0.25, 0.3) is 0 Å². The quantitative estimate of drug-likeness (QED) is 0.888. The molecule has 19 heavy (non-hydrogen) atoms. The van der Waals surface area contributed by atoms with E-state index in [9.17, 15) is 4.39 Å². The molecule has 2 rings (SSSR count). The fourth-order valence-corrected chi connectivity index (χ4v) is 3.03. The first-order chi connectivity index (χ1) is 9.13. The van der Waals surface area contributed by atoms with Gasteiger partial charge in [0.2, 0.25) is 0 Å². The van der Waals surface area contributed by atoms with Crippen LogP contribution in [0.1, 0.15) is 38.3 Å². The normalized spacial score (nSPS) is 21.0. The van der Waals surface area contributed by atoms with Crippen molar-refractivity contribution in [3.8, 4) is 0 Å². The van der Waals surface area contributed by atoms with Gasteiger partial charge in [-0.2, -0.15) is 0 Å². The Morgan fingerprint density at radius 2 is 2.32 bits per heavy atom. The van der Waals surface area contributed by atoms with Gasteiger partial charge in [0, 0.05) is 18.6 Å². The van der Waals surface area contributed by atoms with Gasteiger partial charge in [-0.05, 0) is 50.6 Å². The van der Waals surface area contributed by atoms with E-state index in [-0.39, 0.29) is 16.9 Å². The molecular formula is C15H22ClFN2. The molecule has 1 N–H and O–H groups in total. The lowest BCUT2D eigenvalue weighted by Crippen LogP contribution is -2.39. The lowest BCUT2D eigenvalue weighted by atomic mass is 10.0. The number of benzene rings is 1. The van der Waals surface area contributed by atoms with Gasteiger partial charge in [-0.1, -0.05) is 24.6 Å². The third-order valence-electron chi connectivity index (χ3n) is 3.91. The minimum atomic E-state index is -0.345. The van der Waals surface area contributed by atoms with E-state index >= 15 is 0 Å². The maximum Gasteiger partial charge on any atom is 0.141 e. The molecule has 4 heteroatoms. The first-order valence-corrected chi connectivity index (χ1v) is 7.42. The second-order valence-corrected chi connectivity index (χ2v) is 5.64. The Hall–Kier alpha value is -0.640. The molecule has 0 bridgehead atoms. The van der Waals surface area contributed by atoms with Crippen LogP contribution in [-0.4, -0.2) is 30.6 Å². The number of halogens is 2. The topological polar surface area (TPSA) is 15.3 Å². The number of nitrogens with one attached hydrogen (secondary N) is 1. The molecule has 1 aliphatic heterocycles. The molecule has 1 fully saturated rings. The van der Waals surface area contributed by atoms with Crippen LogP contribution in [0, 0.1) is 5.82 Å². The predicted octanol–water partition coefficient (Wildman–Crippen LogP) is 3.61. The summed E-state index contributed by atoms with van der Waals surface area (Å²) in [6.45, 7) is 7.56. The summed E-state index contributed by atoms with van der Waals surface area (Å²) in [5.74, 6) is -0.345. The van der Waals surface area contributed by atoms with E-state index in [0.717, 1.165) is 31.6 Å². The van der Waals surface area contributed by atoms with E-state index in [1.807, 2.05) is 6.07 Å². The highest BCUT2D eigenvalue weighted by Gasteiger charge is 2.26. The molecule has 1 aliphatic rings. The van der Waals surface area contributed by atoms with E-state index in [4.69, 9.17) is 11.6 Å². The summed E-state index contributed by atoms with van der Waals surface area (Å²) in [4.78, 5) is 2.50. The summed E-state index contributed by atoms with van der Waals surface area (Å²) in [5, 5.41) is 3.62. The highest BCUT2D eigenvalue weighted by Crippen LogP contribution is 2.28. The molecule has 0 radical (unpaired) electrons. The van der Waals surface area contributed by atoms with Crippen molar-refractivity contribution in [3.63, 3.8) is 0 Å². The Morgan fingerprint density at radius 3 is 2.89 bits per heavy atom. The Labute approximate surface area is 119 Å². The maximum atomic E-state index is 13.3. The summed E-state index contributed by atoms with van der Waals surface area (Å²) < 4.78 is 13.3. The van der Waals surface area contributed by atoms with Crippen LogP contribution in [-0.2, 0) is 0 Å². The van der Waals surface area contributed by atoms with Crippen molar-refractivity contribution in [2.24, 2.45) is 0 Å². The van der Waals surface area contributed by atoms with Gasteiger partial charge < -0.3 is 5.32 Å². The summed E-state index contributed by atoms with van der Waals surface area (Å²) in [7, 11) is 0.